The lowest BCUT2D eigenvalue weighted by molar-refractivity contribution is -0.127. The lowest BCUT2D eigenvalue weighted by Gasteiger charge is -2.41. The van der Waals surface area contributed by atoms with Gasteiger partial charge in [-0.1, -0.05) is 66.7 Å². The Morgan fingerprint density at radius 1 is 1.08 bits per heavy atom. The molecule has 0 unspecified atom stereocenters. The fourth-order valence-electron chi connectivity index (χ4n) is 4.11. The Labute approximate surface area is 141 Å². The van der Waals surface area contributed by atoms with Crippen molar-refractivity contribution >= 4 is 5.78 Å². The molecule has 118 valence electrons. The van der Waals surface area contributed by atoms with Gasteiger partial charge in [-0.25, -0.2) is 0 Å². The molecule has 2 aliphatic heterocycles. The van der Waals surface area contributed by atoms with Crippen molar-refractivity contribution in [2.75, 3.05) is 0 Å². The maximum Gasteiger partial charge on any atom is 0.180 e. The second-order valence-electron chi connectivity index (χ2n) is 6.49. The van der Waals surface area contributed by atoms with E-state index in [-0.39, 0.29) is 17.7 Å². The lowest BCUT2D eigenvalue weighted by Crippen LogP contribution is -2.51. The maximum atomic E-state index is 13.0. The second kappa shape index (κ2) is 5.74. The van der Waals surface area contributed by atoms with Crippen LogP contribution in [0, 0.1) is 17.2 Å². The zero-order chi connectivity index (χ0) is 16.6. The van der Waals surface area contributed by atoms with Gasteiger partial charge in [-0.2, -0.15) is 5.26 Å². The first-order valence-electron chi connectivity index (χ1n) is 8.24. The molecule has 4 rings (SSSR count). The molecule has 1 saturated heterocycles. The number of nitrogens with zero attached hydrogens (tertiary/aromatic N) is 2. The van der Waals surface area contributed by atoms with Crippen LogP contribution in [0.4, 0.5) is 0 Å². The first-order chi connectivity index (χ1) is 11.8. The van der Waals surface area contributed by atoms with Crippen LogP contribution in [-0.2, 0) is 16.9 Å². The molecule has 3 heteroatoms. The van der Waals surface area contributed by atoms with E-state index < -0.39 is 5.54 Å². The topological polar surface area (TPSA) is 44.1 Å². The van der Waals surface area contributed by atoms with Crippen molar-refractivity contribution in [2.24, 2.45) is 5.92 Å². The predicted molar refractivity (Wildman–Crippen MR) is 91.8 cm³/mol. The molecular weight excluding hydrogens is 296 g/mol. The molecule has 0 N–H and O–H groups in total. The Kier molecular flexibility index (Phi) is 3.55. The normalized spacial score (nSPS) is 28.7. The number of hydrogen-bond acceptors (Lipinski definition) is 3. The molecule has 3 nitrogen and oxygen atoms in total. The lowest BCUT2D eigenvalue weighted by atomic mass is 9.81. The smallest absolute Gasteiger partial charge is 0.180 e. The Balaban J connectivity index is 1.84. The Hall–Kier alpha value is -2.70. The quantitative estimate of drug-likeness (QED) is 0.872. The van der Waals surface area contributed by atoms with Gasteiger partial charge >= 0.3 is 0 Å². The number of ketones is 1. The molecular formula is C21H18N2O. The summed E-state index contributed by atoms with van der Waals surface area (Å²) in [5, 5.41) is 9.62. The van der Waals surface area contributed by atoms with Crippen molar-refractivity contribution in [3.8, 4) is 6.07 Å². The van der Waals surface area contributed by atoms with E-state index in [0.717, 1.165) is 11.1 Å². The van der Waals surface area contributed by atoms with E-state index in [9.17, 15) is 10.1 Å². The third kappa shape index (κ3) is 2.11. The molecule has 2 heterocycles. The third-order valence-electron chi connectivity index (χ3n) is 5.24. The van der Waals surface area contributed by atoms with E-state index >= 15 is 0 Å². The molecule has 0 aromatic heterocycles. The molecule has 0 spiro atoms. The fourth-order valence-corrected chi connectivity index (χ4v) is 4.11. The number of nitriles is 1. The van der Waals surface area contributed by atoms with Crippen molar-refractivity contribution in [1.82, 2.24) is 4.90 Å². The van der Waals surface area contributed by atoms with Crippen molar-refractivity contribution in [1.29, 1.82) is 5.26 Å². The van der Waals surface area contributed by atoms with Gasteiger partial charge in [-0.05, 0) is 23.6 Å². The summed E-state index contributed by atoms with van der Waals surface area (Å²) in [5.74, 6) is -0.0877. The van der Waals surface area contributed by atoms with Crippen LogP contribution in [-0.4, -0.2) is 16.7 Å². The summed E-state index contributed by atoms with van der Waals surface area (Å²) in [7, 11) is 0. The standard InChI is InChI=1S/C21H18N2O/c22-14-17-13-21(18-9-5-2-6-10-18)20(24)12-11-19(17)23(21)15-16-7-3-1-4-8-16/h1-12,17,19H,13,15H2/t17-,19-,21+/m0/s1. The van der Waals surface area contributed by atoms with Crippen molar-refractivity contribution in [3.63, 3.8) is 0 Å². The van der Waals surface area contributed by atoms with E-state index in [4.69, 9.17) is 0 Å². The van der Waals surface area contributed by atoms with E-state index in [1.54, 1.807) is 6.08 Å². The van der Waals surface area contributed by atoms with Crippen LogP contribution in [0.15, 0.2) is 72.8 Å². The highest BCUT2D eigenvalue weighted by Crippen LogP contribution is 2.49. The molecule has 24 heavy (non-hydrogen) atoms. The number of carbonyl (C=O) groups excluding carboxylic acids is 1. The van der Waals surface area contributed by atoms with Gasteiger partial charge in [0.1, 0.15) is 5.54 Å². The Bertz CT molecular complexity index is 822. The van der Waals surface area contributed by atoms with Crippen LogP contribution in [0.1, 0.15) is 17.5 Å². The van der Waals surface area contributed by atoms with Crippen molar-refractivity contribution < 1.29 is 4.79 Å². The fraction of sp³-hybridized carbons (Fsp3) is 0.238. The molecule has 0 amide bonds. The molecule has 2 bridgehead atoms. The van der Waals surface area contributed by atoms with Crippen LogP contribution in [0.5, 0.6) is 0 Å². The maximum absolute atomic E-state index is 13.0. The minimum Gasteiger partial charge on any atom is -0.292 e. The first-order valence-corrected chi connectivity index (χ1v) is 8.24. The SMILES string of the molecule is N#C[C@@H]1C[C@@]2(c3ccccc3)C(=O)C=C[C@@H]1N2Cc1ccccc1. The minimum absolute atomic E-state index is 0.0203. The Morgan fingerprint density at radius 2 is 1.75 bits per heavy atom. The molecule has 0 saturated carbocycles. The van der Waals surface area contributed by atoms with Crippen LogP contribution in [0.25, 0.3) is 0 Å². The summed E-state index contributed by atoms with van der Waals surface area (Å²) >= 11 is 0. The van der Waals surface area contributed by atoms with E-state index in [0.29, 0.717) is 13.0 Å². The van der Waals surface area contributed by atoms with Crippen molar-refractivity contribution in [2.45, 2.75) is 24.5 Å². The Morgan fingerprint density at radius 3 is 2.42 bits per heavy atom. The monoisotopic (exact) mass is 314 g/mol. The van der Waals surface area contributed by atoms with Crippen LogP contribution in [0.2, 0.25) is 0 Å². The summed E-state index contributed by atoms with van der Waals surface area (Å²) in [6.45, 7) is 0.661. The average Bonchev–Trinajstić information content (AvgIpc) is 2.86. The average molecular weight is 314 g/mol. The van der Waals surface area contributed by atoms with E-state index in [1.165, 1.54) is 0 Å². The zero-order valence-electron chi connectivity index (χ0n) is 13.3. The molecule has 2 aromatic rings. The van der Waals surface area contributed by atoms with E-state index in [1.807, 2.05) is 54.6 Å². The molecule has 2 aliphatic rings. The van der Waals surface area contributed by atoms with Crippen LogP contribution >= 0.6 is 0 Å². The minimum atomic E-state index is -0.725. The highest BCUT2D eigenvalue weighted by atomic mass is 16.1. The van der Waals surface area contributed by atoms with Gasteiger partial charge in [0.15, 0.2) is 5.78 Å². The summed E-state index contributed by atoms with van der Waals surface area (Å²) < 4.78 is 0. The van der Waals surface area contributed by atoms with Crippen molar-refractivity contribution in [3.05, 3.63) is 83.9 Å². The number of fused-ring (bicyclic) bond motifs is 2. The van der Waals surface area contributed by atoms with Crippen LogP contribution in [0.3, 0.4) is 0 Å². The molecule has 0 aliphatic carbocycles. The summed E-state index contributed by atoms with van der Waals surface area (Å²) in [6.07, 6.45) is 4.14. The largest absolute Gasteiger partial charge is 0.292 e. The van der Waals surface area contributed by atoms with Gasteiger partial charge < -0.3 is 0 Å². The highest BCUT2D eigenvalue weighted by molar-refractivity contribution is 6.00. The number of hydrogen-bond donors (Lipinski definition) is 0. The van der Waals surface area contributed by atoms with Gasteiger partial charge in [0.2, 0.25) is 0 Å². The summed E-state index contributed by atoms with van der Waals surface area (Å²) in [5.41, 5.74) is 1.42. The number of benzene rings is 2. The van der Waals surface area contributed by atoms with Gasteiger partial charge in [-0.15, -0.1) is 0 Å². The first kappa shape index (κ1) is 14.9. The highest BCUT2D eigenvalue weighted by Gasteiger charge is 2.57. The zero-order valence-corrected chi connectivity index (χ0v) is 13.3. The van der Waals surface area contributed by atoms with Gasteiger partial charge in [0, 0.05) is 12.6 Å². The van der Waals surface area contributed by atoms with Gasteiger partial charge in [-0.3, -0.25) is 9.69 Å². The molecule has 0 radical (unpaired) electrons. The molecule has 3 atom stereocenters. The van der Waals surface area contributed by atoms with Crippen LogP contribution < -0.4 is 0 Å². The third-order valence-corrected chi connectivity index (χ3v) is 5.24. The van der Waals surface area contributed by atoms with Gasteiger partial charge in [0.25, 0.3) is 0 Å². The van der Waals surface area contributed by atoms with Gasteiger partial charge in [0.05, 0.1) is 12.0 Å². The number of carbonyl (C=O) groups is 1. The predicted octanol–water partition coefficient (Wildman–Crippen LogP) is 3.44. The number of rotatable bonds is 3. The summed E-state index contributed by atoms with van der Waals surface area (Å²) in [4.78, 5) is 15.2. The van der Waals surface area contributed by atoms with E-state index in [2.05, 4.69) is 23.1 Å². The summed E-state index contributed by atoms with van der Waals surface area (Å²) in [6, 6.07) is 22.4. The molecule has 2 aromatic carbocycles. The molecule has 1 fully saturated rings. The second-order valence-corrected chi connectivity index (χ2v) is 6.49.